The summed E-state index contributed by atoms with van der Waals surface area (Å²) >= 11 is 0. The molecule has 0 amide bonds. The van der Waals surface area contributed by atoms with E-state index in [4.69, 9.17) is 0 Å². The highest BCUT2D eigenvalue weighted by atomic mass is 14.7. The molecule has 0 atom stereocenters. The van der Waals surface area contributed by atoms with Crippen LogP contribution in [-0.2, 0) is 0 Å². The Bertz CT molecular complexity index is 372. The van der Waals surface area contributed by atoms with Crippen molar-refractivity contribution in [1.82, 2.24) is 0 Å². The van der Waals surface area contributed by atoms with Crippen LogP contribution in [0.5, 0.6) is 0 Å². The van der Waals surface area contributed by atoms with Gasteiger partial charge in [0, 0.05) is 12.6 Å². The van der Waals surface area contributed by atoms with Gasteiger partial charge >= 0.3 is 0 Å². The first-order valence-electron chi connectivity index (χ1n) is 5.17. The lowest BCUT2D eigenvalue weighted by Gasteiger charge is -2.05. The molecule has 0 N–H and O–H groups in total. The zero-order valence-corrected chi connectivity index (χ0v) is 9.40. The summed E-state index contributed by atoms with van der Waals surface area (Å²) in [6.07, 6.45) is 5.14. The molecule has 0 aliphatic rings. The summed E-state index contributed by atoms with van der Waals surface area (Å²) < 4.78 is 0. The number of hydrogen-bond acceptors (Lipinski definition) is 1. The first-order chi connectivity index (χ1) is 7.29. The monoisotopic (exact) mass is 199 g/mol. The van der Waals surface area contributed by atoms with Crippen LogP contribution in [0, 0.1) is 0 Å². The largest absolute Gasteiger partial charge is 0.287 e. The van der Waals surface area contributed by atoms with E-state index in [9.17, 15) is 0 Å². The Hall–Kier alpha value is -1.63. The summed E-state index contributed by atoms with van der Waals surface area (Å²) in [5.74, 6) is 0. The Balaban J connectivity index is 2.92. The van der Waals surface area contributed by atoms with E-state index in [1.807, 2.05) is 36.4 Å². The van der Waals surface area contributed by atoms with Crippen LogP contribution in [0.15, 0.2) is 59.6 Å². The highest BCUT2D eigenvalue weighted by Gasteiger charge is 2.02. The lowest BCUT2D eigenvalue weighted by molar-refractivity contribution is 1.22. The fourth-order valence-corrected chi connectivity index (χ4v) is 1.39. The van der Waals surface area contributed by atoms with Gasteiger partial charge in [-0.2, -0.15) is 0 Å². The first kappa shape index (κ1) is 11.4. The molecule has 1 aromatic carbocycles. The molecule has 0 heterocycles. The summed E-state index contributed by atoms with van der Waals surface area (Å²) in [4.78, 5) is 4.28. The Morgan fingerprint density at radius 1 is 1.33 bits per heavy atom. The third-order valence-corrected chi connectivity index (χ3v) is 2.13. The molecule has 0 aliphatic heterocycles. The molecule has 15 heavy (non-hydrogen) atoms. The van der Waals surface area contributed by atoms with Crippen molar-refractivity contribution in [2.75, 3.05) is 7.05 Å². The zero-order valence-electron chi connectivity index (χ0n) is 9.40. The summed E-state index contributed by atoms with van der Waals surface area (Å²) in [7, 11) is 1.80. The minimum absolute atomic E-state index is 0.959. The van der Waals surface area contributed by atoms with E-state index in [1.165, 1.54) is 0 Å². The van der Waals surface area contributed by atoms with Crippen LogP contribution in [0.1, 0.15) is 18.9 Å². The standard InChI is InChI=1S/C14H17N/c1-4-5-9-12(2)14(15-3)13-10-7-6-8-11-13/h5-11H,2,4H2,1,3H3. The van der Waals surface area contributed by atoms with Crippen LogP contribution in [-0.4, -0.2) is 12.8 Å². The second-order valence-electron chi connectivity index (χ2n) is 3.27. The topological polar surface area (TPSA) is 12.4 Å². The number of hydrogen-bond donors (Lipinski definition) is 0. The van der Waals surface area contributed by atoms with Gasteiger partial charge in [0.2, 0.25) is 0 Å². The molecular weight excluding hydrogens is 182 g/mol. The maximum atomic E-state index is 4.28. The number of benzene rings is 1. The van der Waals surface area contributed by atoms with Gasteiger partial charge in [0.05, 0.1) is 5.71 Å². The molecular formula is C14H17N. The lowest BCUT2D eigenvalue weighted by Crippen LogP contribution is -2.01. The third kappa shape index (κ3) is 3.21. The quantitative estimate of drug-likeness (QED) is 0.518. The molecule has 0 saturated carbocycles. The molecule has 0 saturated heterocycles. The van der Waals surface area contributed by atoms with Crippen molar-refractivity contribution in [2.24, 2.45) is 4.99 Å². The number of aliphatic imine (C=N–C) groups is 1. The molecule has 0 aromatic heterocycles. The summed E-state index contributed by atoms with van der Waals surface area (Å²) in [6, 6.07) is 10.1. The van der Waals surface area contributed by atoms with Crippen molar-refractivity contribution < 1.29 is 0 Å². The van der Waals surface area contributed by atoms with E-state index in [0.29, 0.717) is 0 Å². The third-order valence-electron chi connectivity index (χ3n) is 2.13. The normalized spacial score (nSPS) is 12.0. The van der Waals surface area contributed by atoms with E-state index >= 15 is 0 Å². The van der Waals surface area contributed by atoms with Gasteiger partial charge in [-0.15, -0.1) is 0 Å². The lowest BCUT2D eigenvalue weighted by atomic mass is 10.0. The average Bonchev–Trinajstić information content (AvgIpc) is 2.29. The van der Waals surface area contributed by atoms with Gasteiger partial charge < -0.3 is 0 Å². The number of rotatable bonds is 4. The van der Waals surface area contributed by atoms with Crippen LogP contribution in [0.4, 0.5) is 0 Å². The zero-order chi connectivity index (χ0) is 11.1. The minimum Gasteiger partial charge on any atom is -0.287 e. The van der Waals surface area contributed by atoms with E-state index in [2.05, 4.69) is 24.6 Å². The smallest absolute Gasteiger partial charge is 0.0709 e. The van der Waals surface area contributed by atoms with Gasteiger partial charge in [-0.1, -0.05) is 56.0 Å². The van der Waals surface area contributed by atoms with Crippen molar-refractivity contribution in [1.29, 1.82) is 0 Å². The van der Waals surface area contributed by atoms with Crippen molar-refractivity contribution in [3.05, 3.63) is 60.2 Å². The predicted octanol–water partition coefficient (Wildman–Crippen LogP) is 3.63. The number of allylic oxidation sites excluding steroid dienone is 3. The van der Waals surface area contributed by atoms with Crippen LogP contribution < -0.4 is 0 Å². The molecule has 0 fully saturated rings. The van der Waals surface area contributed by atoms with Crippen LogP contribution >= 0.6 is 0 Å². The molecule has 0 unspecified atom stereocenters. The Morgan fingerprint density at radius 2 is 2.00 bits per heavy atom. The summed E-state index contributed by atoms with van der Waals surface area (Å²) in [6.45, 7) is 6.13. The van der Waals surface area contributed by atoms with Crippen LogP contribution in [0.2, 0.25) is 0 Å². The molecule has 1 heteroatoms. The molecule has 0 aliphatic carbocycles. The van der Waals surface area contributed by atoms with Crippen LogP contribution in [0.3, 0.4) is 0 Å². The SMILES string of the molecule is C=C(C=CCC)C(=NC)c1ccccc1. The van der Waals surface area contributed by atoms with Crippen molar-refractivity contribution >= 4 is 5.71 Å². The maximum Gasteiger partial charge on any atom is 0.0709 e. The Morgan fingerprint density at radius 3 is 2.53 bits per heavy atom. The van der Waals surface area contributed by atoms with E-state index in [1.54, 1.807) is 7.05 Å². The van der Waals surface area contributed by atoms with Gasteiger partial charge in [0.15, 0.2) is 0 Å². The van der Waals surface area contributed by atoms with Crippen LogP contribution in [0.25, 0.3) is 0 Å². The molecule has 0 bridgehead atoms. The molecule has 1 nitrogen and oxygen atoms in total. The molecule has 1 aromatic rings. The molecule has 0 spiro atoms. The summed E-state index contributed by atoms with van der Waals surface area (Å²) in [5.41, 5.74) is 3.04. The van der Waals surface area contributed by atoms with Crippen molar-refractivity contribution in [2.45, 2.75) is 13.3 Å². The molecule has 0 radical (unpaired) electrons. The molecule has 78 valence electrons. The maximum absolute atomic E-state index is 4.28. The first-order valence-corrected chi connectivity index (χ1v) is 5.17. The Kier molecular flexibility index (Phi) is 4.55. The number of nitrogens with zero attached hydrogens (tertiary/aromatic N) is 1. The van der Waals surface area contributed by atoms with Gasteiger partial charge in [0.25, 0.3) is 0 Å². The van der Waals surface area contributed by atoms with E-state index in [0.717, 1.165) is 23.3 Å². The molecule has 1 rings (SSSR count). The van der Waals surface area contributed by atoms with Crippen molar-refractivity contribution in [3.8, 4) is 0 Å². The minimum atomic E-state index is 0.959. The summed E-state index contributed by atoms with van der Waals surface area (Å²) in [5, 5.41) is 0. The van der Waals surface area contributed by atoms with Gasteiger partial charge in [-0.25, -0.2) is 0 Å². The highest BCUT2D eigenvalue weighted by molar-refractivity contribution is 6.13. The van der Waals surface area contributed by atoms with E-state index in [-0.39, 0.29) is 0 Å². The Labute approximate surface area is 91.9 Å². The van der Waals surface area contributed by atoms with Gasteiger partial charge in [-0.3, -0.25) is 4.99 Å². The fraction of sp³-hybridized carbons (Fsp3) is 0.214. The van der Waals surface area contributed by atoms with Gasteiger partial charge in [0.1, 0.15) is 0 Å². The predicted molar refractivity (Wildman–Crippen MR) is 67.5 cm³/mol. The second-order valence-corrected chi connectivity index (χ2v) is 3.27. The average molecular weight is 199 g/mol. The second kappa shape index (κ2) is 5.97. The van der Waals surface area contributed by atoms with Crippen molar-refractivity contribution in [3.63, 3.8) is 0 Å². The fourth-order valence-electron chi connectivity index (χ4n) is 1.39. The van der Waals surface area contributed by atoms with Gasteiger partial charge in [-0.05, 0) is 12.0 Å². The highest BCUT2D eigenvalue weighted by Crippen LogP contribution is 2.09. The van der Waals surface area contributed by atoms with E-state index < -0.39 is 0 Å².